The summed E-state index contributed by atoms with van der Waals surface area (Å²) in [5.41, 5.74) is 2.08. The maximum absolute atomic E-state index is 13.7. The van der Waals surface area contributed by atoms with E-state index in [0.717, 1.165) is 42.4 Å². The number of rotatable bonds is 11. The molecule has 0 aliphatic rings. The van der Waals surface area contributed by atoms with Crippen LogP contribution in [0.4, 0.5) is 4.79 Å². The molecule has 0 heterocycles. The van der Waals surface area contributed by atoms with Crippen molar-refractivity contribution in [1.29, 1.82) is 0 Å². The summed E-state index contributed by atoms with van der Waals surface area (Å²) in [6.07, 6.45) is 3.20. The first-order valence-corrected chi connectivity index (χ1v) is 12.4. The molecule has 3 amide bonds. The number of hydrogen-bond donors (Lipinski definition) is 2. The molecule has 192 valence electrons. The molecule has 0 spiro atoms. The van der Waals surface area contributed by atoms with E-state index in [1.807, 2.05) is 45.9 Å². The van der Waals surface area contributed by atoms with Gasteiger partial charge in [0.25, 0.3) is 0 Å². The molecule has 0 aromatic heterocycles. The summed E-state index contributed by atoms with van der Waals surface area (Å²) in [4.78, 5) is 41.1. The van der Waals surface area contributed by atoms with Crippen molar-refractivity contribution in [3.8, 4) is 0 Å². The minimum atomic E-state index is -0.847. The number of alkyl carbamates (subject to hydrolysis) is 1. The molecule has 2 atom stereocenters. The van der Waals surface area contributed by atoms with Gasteiger partial charge in [-0.15, -0.1) is 0 Å². The quantitative estimate of drug-likeness (QED) is 0.431. The molecule has 34 heavy (non-hydrogen) atoms. The van der Waals surface area contributed by atoms with Gasteiger partial charge in [-0.3, -0.25) is 9.59 Å². The summed E-state index contributed by atoms with van der Waals surface area (Å²) >= 11 is 0. The Kier molecular flexibility index (Phi) is 11.6. The molecule has 0 aliphatic carbocycles. The average Bonchev–Trinajstić information content (AvgIpc) is 2.69. The molecule has 1 rings (SSSR count). The van der Waals surface area contributed by atoms with Gasteiger partial charge in [0.05, 0.1) is 0 Å². The van der Waals surface area contributed by atoms with Crippen molar-refractivity contribution < 1.29 is 19.1 Å². The van der Waals surface area contributed by atoms with Crippen LogP contribution in [0.3, 0.4) is 0 Å². The van der Waals surface area contributed by atoms with Gasteiger partial charge in [-0.2, -0.15) is 0 Å². The zero-order valence-corrected chi connectivity index (χ0v) is 22.6. The third kappa shape index (κ3) is 9.74. The zero-order valence-electron chi connectivity index (χ0n) is 22.6. The molecule has 0 fully saturated rings. The van der Waals surface area contributed by atoms with Crippen molar-refractivity contribution in [3.05, 3.63) is 34.9 Å². The highest BCUT2D eigenvalue weighted by molar-refractivity contribution is 5.92. The second kappa shape index (κ2) is 13.4. The van der Waals surface area contributed by atoms with E-state index in [1.54, 1.807) is 32.6 Å². The summed E-state index contributed by atoms with van der Waals surface area (Å²) < 4.78 is 5.33. The van der Waals surface area contributed by atoms with Gasteiger partial charge in [0.15, 0.2) is 0 Å². The largest absolute Gasteiger partial charge is 0.444 e. The number of nitrogens with one attached hydrogen (secondary N) is 2. The number of nitrogens with zero attached hydrogens (tertiary/aromatic N) is 1. The maximum Gasteiger partial charge on any atom is 0.408 e. The van der Waals surface area contributed by atoms with Crippen molar-refractivity contribution in [2.45, 2.75) is 112 Å². The Labute approximate surface area is 206 Å². The lowest BCUT2D eigenvalue weighted by Crippen LogP contribution is -2.52. The third-order valence-corrected chi connectivity index (χ3v) is 5.36. The fourth-order valence-corrected chi connectivity index (χ4v) is 3.74. The highest BCUT2D eigenvalue weighted by Gasteiger charge is 2.35. The van der Waals surface area contributed by atoms with E-state index in [0.29, 0.717) is 6.54 Å². The van der Waals surface area contributed by atoms with Crippen molar-refractivity contribution in [3.63, 3.8) is 0 Å². The van der Waals surface area contributed by atoms with E-state index >= 15 is 0 Å². The second-order valence-corrected chi connectivity index (χ2v) is 10.4. The zero-order chi connectivity index (χ0) is 26.1. The van der Waals surface area contributed by atoms with E-state index < -0.39 is 23.8 Å². The SMILES string of the molecule is CCCCCCN(C(=O)C(C)NC(=O)OC(C)(C)C)C(C(=O)NC(C)C)c1cc(C)ccc1C. The summed E-state index contributed by atoms with van der Waals surface area (Å²) in [6.45, 7) is 17.2. The number of amides is 3. The van der Waals surface area contributed by atoms with Crippen molar-refractivity contribution in [2.24, 2.45) is 0 Å². The molecular formula is C27H45N3O4. The van der Waals surface area contributed by atoms with E-state index in [1.165, 1.54) is 0 Å². The number of benzene rings is 1. The Morgan fingerprint density at radius 1 is 1.00 bits per heavy atom. The predicted octanol–water partition coefficient (Wildman–Crippen LogP) is 5.19. The Balaban J connectivity index is 3.37. The smallest absolute Gasteiger partial charge is 0.408 e. The topological polar surface area (TPSA) is 87.7 Å². The van der Waals surface area contributed by atoms with Gasteiger partial charge in [0.2, 0.25) is 11.8 Å². The molecule has 0 saturated carbocycles. The van der Waals surface area contributed by atoms with Crippen molar-refractivity contribution in [1.82, 2.24) is 15.5 Å². The molecule has 2 unspecified atom stereocenters. The summed E-state index contributed by atoms with van der Waals surface area (Å²) in [6, 6.07) is 4.23. The van der Waals surface area contributed by atoms with Gasteiger partial charge in [0.1, 0.15) is 17.7 Å². The van der Waals surface area contributed by atoms with Gasteiger partial charge in [-0.1, -0.05) is 49.9 Å². The Hall–Kier alpha value is -2.57. The number of ether oxygens (including phenoxy) is 1. The number of hydrogen-bond acceptors (Lipinski definition) is 4. The van der Waals surface area contributed by atoms with Crippen LogP contribution in [0.2, 0.25) is 0 Å². The van der Waals surface area contributed by atoms with Crippen LogP contribution in [0, 0.1) is 13.8 Å². The first-order chi connectivity index (χ1) is 15.8. The molecule has 0 aliphatic heterocycles. The molecule has 1 aromatic carbocycles. The minimum absolute atomic E-state index is 0.0746. The Morgan fingerprint density at radius 3 is 2.21 bits per heavy atom. The van der Waals surface area contributed by atoms with E-state index in [-0.39, 0.29) is 17.9 Å². The van der Waals surface area contributed by atoms with Crippen LogP contribution in [0.1, 0.15) is 96.9 Å². The Morgan fingerprint density at radius 2 is 1.65 bits per heavy atom. The fraction of sp³-hybridized carbons (Fsp3) is 0.667. The number of carbonyl (C=O) groups excluding carboxylic acids is 3. The van der Waals surface area contributed by atoms with Crippen molar-refractivity contribution >= 4 is 17.9 Å². The second-order valence-electron chi connectivity index (χ2n) is 10.4. The molecule has 0 bridgehead atoms. The molecule has 7 nitrogen and oxygen atoms in total. The molecular weight excluding hydrogens is 430 g/mol. The number of carbonyl (C=O) groups is 3. The normalized spacial score (nSPS) is 13.2. The predicted molar refractivity (Wildman–Crippen MR) is 137 cm³/mol. The molecule has 7 heteroatoms. The lowest BCUT2D eigenvalue weighted by molar-refractivity contribution is -0.142. The minimum Gasteiger partial charge on any atom is -0.444 e. The monoisotopic (exact) mass is 475 g/mol. The lowest BCUT2D eigenvalue weighted by atomic mass is 9.95. The van der Waals surface area contributed by atoms with Gasteiger partial charge >= 0.3 is 6.09 Å². The van der Waals surface area contributed by atoms with E-state index in [4.69, 9.17) is 4.74 Å². The van der Waals surface area contributed by atoms with E-state index in [2.05, 4.69) is 17.6 Å². The van der Waals surface area contributed by atoms with Gasteiger partial charge in [-0.25, -0.2) is 4.79 Å². The van der Waals surface area contributed by atoms with Gasteiger partial charge < -0.3 is 20.3 Å². The summed E-state index contributed by atoms with van der Waals surface area (Å²) in [5, 5.41) is 5.64. The van der Waals surface area contributed by atoms with Crippen molar-refractivity contribution in [2.75, 3.05) is 6.54 Å². The van der Waals surface area contributed by atoms with Crippen LogP contribution in [-0.4, -0.2) is 47.0 Å². The fourth-order valence-electron chi connectivity index (χ4n) is 3.74. The summed E-state index contributed by atoms with van der Waals surface area (Å²) in [7, 11) is 0. The first-order valence-electron chi connectivity index (χ1n) is 12.4. The van der Waals surface area contributed by atoms with Crippen LogP contribution in [0.15, 0.2) is 18.2 Å². The van der Waals surface area contributed by atoms with Crippen LogP contribution in [0.25, 0.3) is 0 Å². The van der Waals surface area contributed by atoms with Gasteiger partial charge in [0, 0.05) is 12.6 Å². The lowest BCUT2D eigenvalue weighted by Gasteiger charge is -2.35. The van der Waals surface area contributed by atoms with Crippen LogP contribution in [-0.2, 0) is 14.3 Å². The highest BCUT2D eigenvalue weighted by atomic mass is 16.6. The molecule has 0 saturated heterocycles. The van der Waals surface area contributed by atoms with Gasteiger partial charge in [-0.05, 0) is 72.9 Å². The van der Waals surface area contributed by atoms with Crippen LogP contribution < -0.4 is 10.6 Å². The summed E-state index contributed by atoms with van der Waals surface area (Å²) in [5.74, 6) is -0.538. The van der Waals surface area contributed by atoms with Crippen LogP contribution >= 0.6 is 0 Å². The third-order valence-electron chi connectivity index (χ3n) is 5.36. The molecule has 1 aromatic rings. The molecule has 2 N–H and O–H groups in total. The molecule has 0 radical (unpaired) electrons. The maximum atomic E-state index is 13.7. The highest BCUT2D eigenvalue weighted by Crippen LogP contribution is 2.27. The van der Waals surface area contributed by atoms with Crippen LogP contribution in [0.5, 0.6) is 0 Å². The Bertz CT molecular complexity index is 830. The number of unbranched alkanes of at least 4 members (excludes halogenated alkanes) is 3. The van der Waals surface area contributed by atoms with E-state index in [9.17, 15) is 14.4 Å². The standard InChI is InChI=1S/C27H45N3O4/c1-10-11-12-13-16-30(25(32)21(6)29-26(33)34-27(7,8)9)23(24(31)28-18(2)3)22-17-19(4)14-15-20(22)5/h14-15,17-18,21,23H,10-13,16H2,1-9H3,(H,28,31)(H,29,33). The first kappa shape index (κ1) is 29.5. The average molecular weight is 476 g/mol. The number of aryl methyl sites for hydroxylation is 2.